The molecule has 26 heavy (non-hydrogen) atoms. The number of amides is 2. The Kier molecular flexibility index (Phi) is 5.66. The highest BCUT2D eigenvalue weighted by atomic mass is 19.1. The summed E-state index contributed by atoms with van der Waals surface area (Å²) in [7, 11) is 0. The lowest BCUT2D eigenvalue weighted by molar-refractivity contribution is -0.125. The van der Waals surface area contributed by atoms with Crippen molar-refractivity contribution in [3.63, 3.8) is 0 Å². The van der Waals surface area contributed by atoms with Crippen LogP contribution in [0.2, 0.25) is 0 Å². The molecule has 0 saturated heterocycles. The lowest BCUT2D eigenvalue weighted by Crippen LogP contribution is -2.40. The molecule has 0 spiro atoms. The molecule has 0 aromatic heterocycles. The van der Waals surface area contributed by atoms with E-state index in [1.54, 1.807) is 23.1 Å². The largest absolute Gasteiger partial charge is 0.354 e. The summed E-state index contributed by atoms with van der Waals surface area (Å²) in [5, 5.41) is 2.93. The zero-order valence-electron chi connectivity index (χ0n) is 14.9. The van der Waals surface area contributed by atoms with E-state index in [0.717, 1.165) is 24.0 Å². The Morgan fingerprint density at radius 2 is 2.00 bits per heavy atom. The van der Waals surface area contributed by atoms with Gasteiger partial charge in [-0.3, -0.25) is 9.59 Å². The second-order valence-electron chi connectivity index (χ2n) is 6.51. The monoisotopic (exact) mass is 354 g/mol. The summed E-state index contributed by atoms with van der Waals surface area (Å²) in [4.78, 5) is 27.1. The first-order valence-corrected chi connectivity index (χ1v) is 9.04. The van der Waals surface area contributed by atoms with Gasteiger partial charge in [-0.1, -0.05) is 43.7 Å². The molecule has 4 nitrogen and oxygen atoms in total. The molecule has 3 rings (SSSR count). The minimum absolute atomic E-state index is 0.146. The van der Waals surface area contributed by atoms with Crippen LogP contribution >= 0.6 is 0 Å². The molecule has 1 heterocycles. The summed E-state index contributed by atoms with van der Waals surface area (Å²) in [6.45, 7) is 3.02. The number of unbranched alkanes of at least 4 members (excludes halogenated alkanes) is 1. The van der Waals surface area contributed by atoms with Crippen molar-refractivity contribution in [2.75, 3.05) is 13.1 Å². The number of rotatable bonds is 7. The Labute approximate surface area is 153 Å². The van der Waals surface area contributed by atoms with E-state index in [1.807, 2.05) is 18.2 Å². The maximum absolute atomic E-state index is 13.4. The third kappa shape index (κ3) is 3.77. The van der Waals surface area contributed by atoms with Crippen molar-refractivity contribution in [2.45, 2.75) is 32.2 Å². The van der Waals surface area contributed by atoms with Crippen LogP contribution in [0.1, 0.15) is 47.3 Å². The topological polar surface area (TPSA) is 49.4 Å². The van der Waals surface area contributed by atoms with E-state index < -0.39 is 6.04 Å². The van der Waals surface area contributed by atoms with Gasteiger partial charge in [-0.25, -0.2) is 4.39 Å². The van der Waals surface area contributed by atoms with Crippen LogP contribution in [0.4, 0.5) is 4.39 Å². The number of hydrogen-bond acceptors (Lipinski definition) is 2. The van der Waals surface area contributed by atoms with Gasteiger partial charge in [-0.05, 0) is 42.2 Å². The van der Waals surface area contributed by atoms with E-state index in [0.29, 0.717) is 25.1 Å². The number of nitrogens with zero attached hydrogens (tertiary/aromatic N) is 1. The molecule has 2 amide bonds. The molecular weight excluding hydrogens is 331 g/mol. The molecule has 0 saturated carbocycles. The zero-order valence-corrected chi connectivity index (χ0v) is 14.9. The van der Waals surface area contributed by atoms with Crippen LogP contribution in [-0.2, 0) is 11.2 Å². The van der Waals surface area contributed by atoms with Gasteiger partial charge < -0.3 is 10.2 Å². The Balaban J connectivity index is 1.79. The highest BCUT2D eigenvalue weighted by Gasteiger charge is 2.40. The molecule has 1 atom stereocenters. The molecule has 136 valence electrons. The highest BCUT2D eigenvalue weighted by Crippen LogP contribution is 2.33. The average Bonchev–Trinajstić information content (AvgIpc) is 2.92. The van der Waals surface area contributed by atoms with Crippen molar-refractivity contribution in [1.82, 2.24) is 10.2 Å². The number of halogens is 1. The lowest BCUT2D eigenvalue weighted by atomic mass is 10.0. The number of carbonyl (C=O) groups is 2. The van der Waals surface area contributed by atoms with Crippen molar-refractivity contribution >= 4 is 11.8 Å². The fourth-order valence-electron chi connectivity index (χ4n) is 3.31. The normalized spacial score (nSPS) is 15.8. The van der Waals surface area contributed by atoms with Gasteiger partial charge >= 0.3 is 0 Å². The number of fused-ring (bicyclic) bond motifs is 1. The fourth-order valence-corrected chi connectivity index (χ4v) is 3.31. The number of carbonyl (C=O) groups excluding carboxylic acids is 2. The summed E-state index contributed by atoms with van der Waals surface area (Å²) >= 11 is 0. The van der Waals surface area contributed by atoms with Crippen LogP contribution in [-0.4, -0.2) is 29.8 Å². The zero-order chi connectivity index (χ0) is 18.5. The van der Waals surface area contributed by atoms with Crippen molar-refractivity contribution in [3.8, 4) is 0 Å². The summed E-state index contributed by atoms with van der Waals surface area (Å²) in [5.74, 6) is -0.601. The predicted molar refractivity (Wildman–Crippen MR) is 98.2 cm³/mol. The Bertz CT molecular complexity index is 806. The smallest absolute Gasteiger partial charge is 0.255 e. The lowest BCUT2D eigenvalue weighted by Gasteiger charge is -2.24. The van der Waals surface area contributed by atoms with E-state index in [9.17, 15) is 14.0 Å². The standard InChI is InChI=1S/C21H23FN2O2/c1-2-3-12-23-20(25)19-17-9-4-5-10-18(17)21(26)24(19)13-11-15-7-6-8-16(22)14-15/h4-10,14,19H,2-3,11-13H2,1H3,(H,23,25). The first kappa shape index (κ1) is 18.1. The molecule has 2 aromatic rings. The quantitative estimate of drug-likeness (QED) is 0.774. The van der Waals surface area contributed by atoms with E-state index in [4.69, 9.17) is 0 Å². The Hall–Kier alpha value is -2.69. The Morgan fingerprint density at radius 3 is 2.77 bits per heavy atom. The van der Waals surface area contributed by atoms with Crippen molar-refractivity contribution in [1.29, 1.82) is 0 Å². The predicted octanol–water partition coefficient (Wildman–Crippen LogP) is 3.48. The second-order valence-corrected chi connectivity index (χ2v) is 6.51. The van der Waals surface area contributed by atoms with Gasteiger partial charge in [-0.15, -0.1) is 0 Å². The maximum Gasteiger partial charge on any atom is 0.255 e. The van der Waals surface area contributed by atoms with Crippen LogP contribution in [0.15, 0.2) is 48.5 Å². The summed E-state index contributed by atoms with van der Waals surface area (Å²) in [6.07, 6.45) is 2.39. The molecule has 0 fully saturated rings. The van der Waals surface area contributed by atoms with Crippen LogP contribution in [0.5, 0.6) is 0 Å². The summed E-state index contributed by atoms with van der Waals surface area (Å²) in [5.41, 5.74) is 2.12. The third-order valence-corrected chi connectivity index (χ3v) is 4.67. The maximum atomic E-state index is 13.4. The highest BCUT2D eigenvalue weighted by molar-refractivity contribution is 6.04. The van der Waals surface area contributed by atoms with Crippen LogP contribution in [0, 0.1) is 5.82 Å². The van der Waals surface area contributed by atoms with E-state index >= 15 is 0 Å². The van der Waals surface area contributed by atoms with Gasteiger partial charge in [0.2, 0.25) is 5.91 Å². The van der Waals surface area contributed by atoms with Gasteiger partial charge in [-0.2, -0.15) is 0 Å². The molecule has 1 unspecified atom stereocenters. The van der Waals surface area contributed by atoms with Crippen molar-refractivity contribution in [3.05, 3.63) is 71.0 Å². The first-order chi connectivity index (χ1) is 12.6. The molecule has 0 bridgehead atoms. The SMILES string of the molecule is CCCCNC(=O)C1c2ccccc2C(=O)N1CCc1cccc(F)c1. The number of hydrogen-bond donors (Lipinski definition) is 1. The third-order valence-electron chi connectivity index (χ3n) is 4.67. The molecule has 1 aliphatic heterocycles. The minimum Gasteiger partial charge on any atom is -0.354 e. The molecule has 1 N–H and O–H groups in total. The van der Waals surface area contributed by atoms with E-state index in [1.165, 1.54) is 12.1 Å². The van der Waals surface area contributed by atoms with Crippen LogP contribution in [0.3, 0.4) is 0 Å². The van der Waals surface area contributed by atoms with Gasteiger partial charge in [0, 0.05) is 18.7 Å². The molecule has 2 aromatic carbocycles. The molecule has 0 aliphatic carbocycles. The second kappa shape index (κ2) is 8.13. The molecule has 1 aliphatic rings. The van der Waals surface area contributed by atoms with Crippen LogP contribution in [0.25, 0.3) is 0 Å². The van der Waals surface area contributed by atoms with Crippen molar-refractivity contribution in [2.24, 2.45) is 0 Å². The van der Waals surface area contributed by atoms with Gasteiger partial charge in [0.25, 0.3) is 5.91 Å². The average molecular weight is 354 g/mol. The van der Waals surface area contributed by atoms with Crippen LogP contribution < -0.4 is 5.32 Å². The van der Waals surface area contributed by atoms with E-state index in [-0.39, 0.29) is 17.6 Å². The Morgan fingerprint density at radius 1 is 1.19 bits per heavy atom. The molecule has 0 radical (unpaired) electrons. The summed E-state index contributed by atoms with van der Waals surface area (Å²) < 4.78 is 13.4. The molecule has 5 heteroatoms. The van der Waals surface area contributed by atoms with Gasteiger partial charge in [0.1, 0.15) is 11.9 Å². The molecular formula is C21H23FN2O2. The van der Waals surface area contributed by atoms with E-state index in [2.05, 4.69) is 12.2 Å². The van der Waals surface area contributed by atoms with Gasteiger partial charge in [0.15, 0.2) is 0 Å². The number of benzene rings is 2. The first-order valence-electron chi connectivity index (χ1n) is 9.04. The summed E-state index contributed by atoms with van der Waals surface area (Å²) in [6, 6.07) is 12.9. The number of nitrogens with one attached hydrogen (secondary N) is 1. The fraction of sp³-hybridized carbons (Fsp3) is 0.333. The van der Waals surface area contributed by atoms with Crippen molar-refractivity contribution < 1.29 is 14.0 Å². The minimum atomic E-state index is -0.621. The van der Waals surface area contributed by atoms with Gasteiger partial charge in [0.05, 0.1) is 0 Å².